The summed E-state index contributed by atoms with van der Waals surface area (Å²) in [6.07, 6.45) is -6.09. The topological polar surface area (TPSA) is 52.6 Å². The summed E-state index contributed by atoms with van der Waals surface area (Å²) in [5.41, 5.74) is -0.114. The Bertz CT molecular complexity index is 418. The summed E-state index contributed by atoms with van der Waals surface area (Å²) in [5.74, 6) is -7.37. The molecule has 1 atom stereocenters. The summed E-state index contributed by atoms with van der Waals surface area (Å²) in [7, 11) is 0. The van der Waals surface area contributed by atoms with E-state index >= 15 is 0 Å². The van der Waals surface area contributed by atoms with Crippen LogP contribution in [0.5, 0.6) is 0 Å². The number of esters is 2. The monoisotopic (exact) mass is 348 g/mol. The van der Waals surface area contributed by atoms with Crippen LogP contribution in [-0.4, -0.2) is 36.7 Å². The van der Waals surface area contributed by atoms with Gasteiger partial charge in [0.05, 0.1) is 0 Å². The Labute approximate surface area is 131 Å². The van der Waals surface area contributed by atoms with E-state index in [1.54, 1.807) is 0 Å². The van der Waals surface area contributed by atoms with Gasteiger partial charge in [-0.05, 0) is 18.8 Å². The smallest absolute Gasteiger partial charge is 0.456 e. The summed E-state index contributed by atoms with van der Waals surface area (Å²) in [6.45, 7) is 4.68. The van der Waals surface area contributed by atoms with E-state index < -0.39 is 36.7 Å². The van der Waals surface area contributed by atoms with Crippen molar-refractivity contribution in [3.63, 3.8) is 0 Å². The second kappa shape index (κ2) is 7.92. The van der Waals surface area contributed by atoms with Crippen molar-refractivity contribution in [3.05, 3.63) is 0 Å². The van der Waals surface area contributed by atoms with Crippen molar-refractivity contribution in [2.45, 2.75) is 65.2 Å². The van der Waals surface area contributed by atoms with Crippen molar-refractivity contribution in [2.24, 2.45) is 5.41 Å². The Kier molecular flexibility index (Phi) is 7.43. The van der Waals surface area contributed by atoms with Crippen molar-refractivity contribution < 1.29 is 41.0 Å². The lowest BCUT2D eigenvalue weighted by atomic mass is 9.85. The predicted molar refractivity (Wildman–Crippen MR) is 70.8 cm³/mol. The van der Waals surface area contributed by atoms with Crippen LogP contribution in [0.15, 0.2) is 0 Å². The molecule has 0 aliphatic rings. The fraction of sp³-hybridized carbons (Fsp3) is 0.857. The minimum Gasteiger partial charge on any atom is -0.456 e. The third-order valence-corrected chi connectivity index (χ3v) is 3.41. The average molecular weight is 348 g/mol. The van der Waals surface area contributed by atoms with E-state index in [1.165, 1.54) is 0 Å². The van der Waals surface area contributed by atoms with E-state index in [0.717, 1.165) is 13.3 Å². The van der Waals surface area contributed by atoms with Gasteiger partial charge in [0.15, 0.2) is 12.7 Å². The largest absolute Gasteiger partial charge is 0.456 e. The lowest BCUT2D eigenvalue weighted by molar-refractivity contribution is -0.294. The first-order valence-corrected chi connectivity index (χ1v) is 7.02. The maximum atomic E-state index is 12.6. The maximum absolute atomic E-state index is 12.6. The van der Waals surface area contributed by atoms with Gasteiger partial charge in [0.25, 0.3) is 0 Å². The summed E-state index contributed by atoms with van der Waals surface area (Å²) < 4.78 is 69.5. The third kappa shape index (κ3) is 7.60. The molecule has 0 aromatic carbocycles. The molecule has 0 aromatic heterocycles. The SMILES string of the molecule is CCC(C)(C)CCC(=O)OC(C)C(=O)OCC(F)(F)C(F)(F)F. The molecule has 0 rings (SSSR count). The fourth-order valence-corrected chi connectivity index (χ4v) is 1.28. The number of hydrogen-bond donors (Lipinski definition) is 0. The molecule has 0 aliphatic carbocycles. The lowest BCUT2D eigenvalue weighted by Crippen LogP contribution is -2.42. The van der Waals surface area contributed by atoms with Crippen molar-refractivity contribution in [2.75, 3.05) is 6.61 Å². The van der Waals surface area contributed by atoms with E-state index in [0.29, 0.717) is 6.42 Å². The van der Waals surface area contributed by atoms with Crippen LogP contribution in [0.2, 0.25) is 0 Å². The number of alkyl halides is 5. The lowest BCUT2D eigenvalue weighted by Gasteiger charge is -2.22. The van der Waals surface area contributed by atoms with E-state index in [-0.39, 0.29) is 11.8 Å². The number of halogens is 5. The molecule has 4 nitrogen and oxygen atoms in total. The summed E-state index contributed by atoms with van der Waals surface area (Å²) in [6, 6.07) is 0. The van der Waals surface area contributed by atoms with Crippen LogP contribution in [0.25, 0.3) is 0 Å². The number of ether oxygens (including phenoxy) is 2. The first kappa shape index (κ1) is 21.6. The molecule has 0 fully saturated rings. The summed E-state index contributed by atoms with van der Waals surface area (Å²) >= 11 is 0. The number of rotatable bonds is 8. The zero-order valence-corrected chi connectivity index (χ0v) is 13.4. The zero-order valence-electron chi connectivity index (χ0n) is 13.4. The third-order valence-electron chi connectivity index (χ3n) is 3.41. The van der Waals surface area contributed by atoms with Crippen molar-refractivity contribution in [3.8, 4) is 0 Å². The van der Waals surface area contributed by atoms with Gasteiger partial charge >= 0.3 is 24.0 Å². The Morgan fingerprint density at radius 2 is 1.61 bits per heavy atom. The van der Waals surface area contributed by atoms with E-state index in [1.807, 2.05) is 20.8 Å². The van der Waals surface area contributed by atoms with Crippen molar-refractivity contribution >= 4 is 11.9 Å². The molecule has 0 radical (unpaired) electrons. The van der Waals surface area contributed by atoms with Gasteiger partial charge in [0.2, 0.25) is 0 Å². The first-order valence-electron chi connectivity index (χ1n) is 7.02. The van der Waals surface area contributed by atoms with Gasteiger partial charge in [-0.2, -0.15) is 22.0 Å². The quantitative estimate of drug-likeness (QED) is 0.493. The molecule has 0 aliphatic heterocycles. The van der Waals surface area contributed by atoms with Gasteiger partial charge in [-0.3, -0.25) is 4.79 Å². The van der Waals surface area contributed by atoms with Gasteiger partial charge in [0, 0.05) is 6.42 Å². The molecule has 0 N–H and O–H groups in total. The number of carbonyl (C=O) groups is 2. The molecule has 1 unspecified atom stereocenters. The second-order valence-electron chi connectivity index (χ2n) is 5.96. The molecule has 0 saturated heterocycles. The molecule has 0 heterocycles. The minimum absolute atomic E-state index is 0.00281. The molecular formula is C14H21F5O4. The van der Waals surface area contributed by atoms with E-state index in [4.69, 9.17) is 0 Å². The highest BCUT2D eigenvalue weighted by atomic mass is 19.4. The Balaban J connectivity index is 4.34. The number of hydrogen-bond acceptors (Lipinski definition) is 4. The molecule has 0 bridgehead atoms. The van der Waals surface area contributed by atoms with Crippen LogP contribution in [0.1, 0.15) is 47.0 Å². The van der Waals surface area contributed by atoms with Gasteiger partial charge in [-0.15, -0.1) is 0 Å². The van der Waals surface area contributed by atoms with Crippen LogP contribution in [0.4, 0.5) is 22.0 Å². The molecule has 0 amide bonds. The zero-order chi connectivity index (χ0) is 18.5. The van der Waals surface area contributed by atoms with Crippen LogP contribution in [-0.2, 0) is 19.1 Å². The molecule has 23 heavy (non-hydrogen) atoms. The van der Waals surface area contributed by atoms with E-state index in [2.05, 4.69) is 9.47 Å². The van der Waals surface area contributed by atoms with Gasteiger partial charge in [-0.1, -0.05) is 27.2 Å². The Morgan fingerprint density at radius 3 is 2.04 bits per heavy atom. The second-order valence-corrected chi connectivity index (χ2v) is 5.96. The molecular weight excluding hydrogens is 327 g/mol. The van der Waals surface area contributed by atoms with E-state index in [9.17, 15) is 31.5 Å². The van der Waals surface area contributed by atoms with Gasteiger partial charge in [-0.25, -0.2) is 4.79 Å². The first-order chi connectivity index (χ1) is 10.2. The fourth-order valence-electron chi connectivity index (χ4n) is 1.28. The highest BCUT2D eigenvalue weighted by Crippen LogP contribution is 2.35. The Morgan fingerprint density at radius 1 is 1.09 bits per heavy atom. The molecule has 0 spiro atoms. The molecule has 9 heteroatoms. The van der Waals surface area contributed by atoms with Gasteiger partial charge < -0.3 is 9.47 Å². The van der Waals surface area contributed by atoms with Crippen LogP contribution < -0.4 is 0 Å². The highest BCUT2D eigenvalue weighted by molar-refractivity contribution is 5.79. The Hall–Kier alpha value is -1.41. The maximum Gasteiger partial charge on any atom is 0.456 e. The predicted octanol–water partition coefficient (Wildman–Crippen LogP) is 3.88. The molecule has 136 valence electrons. The standard InChI is InChI=1S/C14H21F5O4/c1-5-12(3,4)7-6-10(20)23-9(2)11(21)22-8-13(15,16)14(17,18)19/h9H,5-8H2,1-4H3. The van der Waals surface area contributed by atoms with Crippen molar-refractivity contribution in [1.29, 1.82) is 0 Å². The summed E-state index contributed by atoms with van der Waals surface area (Å²) in [4.78, 5) is 22.8. The van der Waals surface area contributed by atoms with Crippen LogP contribution in [0.3, 0.4) is 0 Å². The average Bonchev–Trinajstić information content (AvgIpc) is 2.41. The van der Waals surface area contributed by atoms with Gasteiger partial charge in [0.1, 0.15) is 0 Å². The number of carbonyl (C=O) groups excluding carboxylic acids is 2. The minimum atomic E-state index is -5.82. The normalized spacial score (nSPS) is 14.3. The van der Waals surface area contributed by atoms with Crippen molar-refractivity contribution in [1.82, 2.24) is 0 Å². The molecule has 0 aromatic rings. The highest BCUT2D eigenvalue weighted by Gasteiger charge is 2.58. The molecule has 0 saturated carbocycles. The van der Waals surface area contributed by atoms with Crippen LogP contribution >= 0.6 is 0 Å². The summed E-state index contributed by atoms with van der Waals surface area (Å²) in [5, 5.41) is 0. The van der Waals surface area contributed by atoms with Crippen LogP contribution in [0, 0.1) is 5.41 Å².